The minimum Gasteiger partial charge on any atom is -0.344 e. The van der Waals surface area contributed by atoms with Crippen LogP contribution in [0, 0.1) is 12.8 Å². The SMILES string of the molecule is Cc1cccc(Cc2cnc(NC(=O)[C@H](C)NC(=O)C3CCCC3)s2)c1. The lowest BCUT2D eigenvalue weighted by Gasteiger charge is -2.16. The lowest BCUT2D eigenvalue weighted by molar-refractivity contribution is -0.128. The van der Waals surface area contributed by atoms with Crippen molar-refractivity contribution < 1.29 is 9.59 Å². The highest BCUT2D eigenvalue weighted by molar-refractivity contribution is 7.15. The summed E-state index contributed by atoms with van der Waals surface area (Å²) in [6.07, 6.45) is 6.64. The molecule has 0 spiro atoms. The van der Waals surface area contributed by atoms with Gasteiger partial charge in [0.2, 0.25) is 11.8 Å². The van der Waals surface area contributed by atoms with Gasteiger partial charge in [-0.05, 0) is 32.3 Å². The van der Waals surface area contributed by atoms with Crippen molar-refractivity contribution in [3.63, 3.8) is 0 Å². The molecule has 3 rings (SSSR count). The van der Waals surface area contributed by atoms with E-state index in [0.29, 0.717) is 5.13 Å². The fourth-order valence-corrected chi connectivity index (χ4v) is 4.12. The molecule has 1 atom stereocenters. The fraction of sp³-hybridized carbons (Fsp3) is 0.450. The van der Waals surface area contributed by atoms with Crippen molar-refractivity contribution in [2.75, 3.05) is 5.32 Å². The van der Waals surface area contributed by atoms with Crippen molar-refractivity contribution >= 4 is 28.3 Å². The molecule has 1 saturated carbocycles. The molecule has 0 saturated heterocycles. The zero-order chi connectivity index (χ0) is 18.5. The minimum absolute atomic E-state index is 0.00979. The third-order valence-corrected chi connectivity index (χ3v) is 5.64. The van der Waals surface area contributed by atoms with Gasteiger partial charge in [0, 0.05) is 23.4 Å². The Labute approximate surface area is 158 Å². The quantitative estimate of drug-likeness (QED) is 0.814. The van der Waals surface area contributed by atoms with Gasteiger partial charge in [0.05, 0.1) is 0 Å². The number of anilines is 1. The standard InChI is InChI=1S/C20H25N3O2S/c1-13-6-5-7-15(10-13)11-17-12-21-20(26-17)23-18(24)14(2)22-19(25)16-8-3-4-9-16/h5-7,10,12,14,16H,3-4,8-9,11H2,1-2H3,(H,22,25)(H,21,23,24)/t14-/m0/s1. The Morgan fingerprint density at radius 1 is 1.31 bits per heavy atom. The lowest BCUT2D eigenvalue weighted by Crippen LogP contribution is -2.43. The van der Waals surface area contributed by atoms with Gasteiger partial charge in [-0.3, -0.25) is 9.59 Å². The minimum atomic E-state index is -0.563. The Kier molecular flexibility index (Phi) is 6.04. The number of carbonyl (C=O) groups excluding carboxylic acids is 2. The van der Waals surface area contributed by atoms with E-state index < -0.39 is 6.04 Å². The number of amides is 2. The number of benzene rings is 1. The number of aromatic nitrogens is 1. The second-order valence-corrected chi connectivity index (χ2v) is 8.11. The van der Waals surface area contributed by atoms with Gasteiger partial charge in [0.15, 0.2) is 5.13 Å². The van der Waals surface area contributed by atoms with Crippen LogP contribution in [-0.4, -0.2) is 22.8 Å². The van der Waals surface area contributed by atoms with Gasteiger partial charge in [0.1, 0.15) is 6.04 Å². The number of carbonyl (C=O) groups is 2. The highest BCUT2D eigenvalue weighted by Crippen LogP contribution is 2.25. The topological polar surface area (TPSA) is 71.1 Å². The van der Waals surface area contributed by atoms with Crippen molar-refractivity contribution in [3.8, 4) is 0 Å². The van der Waals surface area contributed by atoms with Crippen LogP contribution >= 0.6 is 11.3 Å². The number of aryl methyl sites for hydroxylation is 1. The van der Waals surface area contributed by atoms with Crippen molar-refractivity contribution in [2.24, 2.45) is 5.92 Å². The molecular weight excluding hydrogens is 346 g/mol. The van der Waals surface area contributed by atoms with Crippen LogP contribution in [0.3, 0.4) is 0 Å². The number of nitrogens with zero attached hydrogens (tertiary/aromatic N) is 1. The van der Waals surface area contributed by atoms with Crippen molar-refractivity contribution in [1.29, 1.82) is 0 Å². The second-order valence-electron chi connectivity index (χ2n) is 7.00. The largest absolute Gasteiger partial charge is 0.344 e. The summed E-state index contributed by atoms with van der Waals surface area (Å²) in [4.78, 5) is 29.8. The molecule has 0 unspecified atom stereocenters. The Balaban J connectivity index is 1.52. The van der Waals surface area contributed by atoms with Crippen LogP contribution in [0.5, 0.6) is 0 Å². The highest BCUT2D eigenvalue weighted by Gasteiger charge is 2.25. The smallest absolute Gasteiger partial charge is 0.248 e. The Morgan fingerprint density at radius 2 is 2.08 bits per heavy atom. The van der Waals surface area contributed by atoms with E-state index in [4.69, 9.17) is 0 Å². The summed E-state index contributed by atoms with van der Waals surface area (Å²) in [7, 11) is 0. The monoisotopic (exact) mass is 371 g/mol. The summed E-state index contributed by atoms with van der Waals surface area (Å²) >= 11 is 1.47. The zero-order valence-corrected chi connectivity index (χ0v) is 16.1. The van der Waals surface area contributed by atoms with E-state index in [0.717, 1.165) is 37.0 Å². The number of thiazole rings is 1. The van der Waals surface area contributed by atoms with Gasteiger partial charge < -0.3 is 10.6 Å². The van der Waals surface area contributed by atoms with Crippen molar-refractivity contribution in [3.05, 3.63) is 46.5 Å². The highest BCUT2D eigenvalue weighted by atomic mass is 32.1. The third-order valence-electron chi connectivity index (χ3n) is 4.72. The van der Waals surface area contributed by atoms with Gasteiger partial charge >= 0.3 is 0 Å². The molecule has 2 N–H and O–H groups in total. The molecule has 138 valence electrons. The molecule has 0 bridgehead atoms. The first-order valence-corrected chi connectivity index (χ1v) is 9.94. The van der Waals surface area contributed by atoms with Crippen LogP contribution in [0.15, 0.2) is 30.5 Å². The summed E-state index contributed by atoms with van der Waals surface area (Å²) in [5, 5.41) is 6.20. The van der Waals surface area contributed by atoms with E-state index >= 15 is 0 Å². The molecule has 2 amide bonds. The van der Waals surface area contributed by atoms with E-state index in [2.05, 4.69) is 40.7 Å². The molecule has 1 aliphatic carbocycles. The molecule has 6 heteroatoms. The Hall–Kier alpha value is -2.21. The maximum absolute atomic E-state index is 12.3. The molecule has 5 nitrogen and oxygen atoms in total. The van der Waals surface area contributed by atoms with Crippen LogP contribution in [0.25, 0.3) is 0 Å². The summed E-state index contributed by atoms with van der Waals surface area (Å²) in [5.74, 6) is -0.178. The van der Waals surface area contributed by atoms with Gasteiger partial charge in [-0.1, -0.05) is 42.7 Å². The van der Waals surface area contributed by atoms with Crippen LogP contribution in [-0.2, 0) is 16.0 Å². The Bertz CT molecular complexity index is 781. The maximum atomic E-state index is 12.3. The van der Waals surface area contributed by atoms with Gasteiger partial charge in [-0.25, -0.2) is 4.98 Å². The van der Waals surface area contributed by atoms with E-state index in [1.54, 1.807) is 13.1 Å². The predicted molar refractivity (Wildman–Crippen MR) is 104 cm³/mol. The molecule has 1 heterocycles. The van der Waals surface area contributed by atoms with Gasteiger partial charge in [-0.2, -0.15) is 0 Å². The van der Waals surface area contributed by atoms with Gasteiger partial charge in [-0.15, -0.1) is 11.3 Å². The summed E-state index contributed by atoms with van der Waals surface area (Å²) in [6.45, 7) is 3.78. The first-order valence-electron chi connectivity index (χ1n) is 9.13. The Morgan fingerprint density at radius 3 is 2.81 bits per heavy atom. The van der Waals surface area contributed by atoms with Gasteiger partial charge in [0.25, 0.3) is 0 Å². The summed E-state index contributed by atoms with van der Waals surface area (Å²) in [6, 6.07) is 7.79. The van der Waals surface area contributed by atoms with Crippen LogP contribution < -0.4 is 10.6 Å². The predicted octanol–water partition coefficient (Wildman–Crippen LogP) is 3.68. The first-order chi connectivity index (χ1) is 12.5. The van der Waals surface area contributed by atoms with E-state index in [1.165, 1.54) is 22.5 Å². The number of hydrogen-bond acceptors (Lipinski definition) is 4. The zero-order valence-electron chi connectivity index (χ0n) is 15.2. The summed E-state index contributed by atoms with van der Waals surface area (Å²) in [5.41, 5.74) is 2.45. The van der Waals surface area contributed by atoms with E-state index in [1.807, 2.05) is 6.07 Å². The molecule has 2 aromatic rings. The maximum Gasteiger partial charge on any atom is 0.248 e. The van der Waals surface area contributed by atoms with Crippen LogP contribution in [0.2, 0.25) is 0 Å². The number of hydrogen-bond donors (Lipinski definition) is 2. The fourth-order valence-electron chi connectivity index (χ4n) is 3.27. The number of rotatable bonds is 6. The molecule has 1 aromatic heterocycles. The van der Waals surface area contributed by atoms with Crippen LogP contribution in [0.4, 0.5) is 5.13 Å². The third kappa shape index (κ3) is 4.91. The molecular formula is C20H25N3O2S. The van der Waals surface area contributed by atoms with Crippen LogP contribution in [0.1, 0.15) is 48.6 Å². The van der Waals surface area contributed by atoms with E-state index in [9.17, 15) is 9.59 Å². The van der Waals surface area contributed by atoms with E-state index in [-0.39, 0.29) is 17.7 Å². The molecule has 1 aromatic carbocycles. The summed E-state index contributed by atoms with van der Waals surface area (Å²) < 4.78 is 0. The molecule has 0 radical (unpaired) electrons. The van der Waals surface area contributed by atoms with Crippen molar-refractivity contribution in [1.82, 2.24) is 10.3 Å². The normalized spacial score (nSPS) is 15.6. The second kappa shape index (κ2) is 8.45. The van der Waals surface area contributed by atoms with Crippen molar-refractivity contribution in [2.45, 2.75) is 52.0 Å². The lowest BCUT2D eigenvalue weighted by atomic mass is 10.1. The average Bonchev–Trinajstić information content (AvgIpc) is 3.27. The molecule has 26 heavy (non-hydrogen) atoms. The number of nitrogens with one attached hydrogen (secondary N) is 2. The average molecular weight is 372 g/mol. The molecule has 1 fully saturated rings. The molecule has 1 aliphatic rings. The first kappa shape index (κ1) is 18.6. The molecule has 0 aliphatic heterocycles.